The van der Waals surface area contributed by atoms with E-state index in [0.29, 0.717) is 5.56 Å². The fourth-order valence-corrected chi connectivity index (χ4v) is 1.92. The van der Waals surface area contributed by atoms with Crippen LogP contribution in [0.15, 0.2) is 35.4 Å². The molecule has 5 nitrogen and oxygen atoms in total. The number of nitrogens with one attached hydrogen (secondary N) is 1. The van der Waals surface area contributed by atoms with Crippen molar-refractivity contribution in [2.24, 2.45) is 0 Å². The van der Waals surface area contributed by atoms with Crippen LogP contribution in [0.3, 0.4) is 0 Å². The SMILES string of the molecule is O=c1c(-c2cccc(Cl)c2Cl)c[nH]cc1[N+](=O)[O-]. The summed E-state index contributed by atoms with van der Waals surface area (Å²) in [6.07, 6.45) is 2.39. The zero-order valence-electron chi connectivity index (χ0n) is 8.81. The van der Waals surface area contributed by atoms with Crippen molar-refractivity contribution in [1.29, 1.82) is 0 Å². The van der Waals surface area contributed by atoms with Gasteiger partial charge in [-0.3, -0.25) is 14.9 Å². The minimum absolute atomic E-state index is 0.108. The Morgan fingerprint density at radius 2 is 1.89 bits per heavy atom. The van der Waals surface area contributed by atoms with Crippen molar-refractivity contribution in [2.45, 2.75) is 0 Å². The van der Waals surface area contributed by atoms with E-state index in [0.717, 1.165) is 6.20 Å². The molecule has 1 heterocycles. The molecule has 0 atom stereocenters. The number of aromatic amines is 1. The average molecular weight is 285 g/mol. The molecular weight excluding hydrogens is 279 g/mol. The molecule has 2 aromatic rings. The molecule has 0 aliphatic carbocycles. The fourth-order valence-electron chi connectivity index (χ4n) is 1.52. The third kappa shape index (κ3) is 2.10. The number of hydrogen-bond donors (Lipinski definition) is 1. The molecule has 0 amide bonds. The molecule has 1 N–H and O–H groups in total. The van der Waals surface area contributed by atoms with Crippen LogP contribution >= 0.6 is 23.2 Å². The molecule has 92 valence electrons. The quantitative estimate of drug-likeness (QED) is 0.679. The lowest BCUT2D eigenvalue weighted by molar-refractivity contribution is -0.386. The van der Waals surface area contributed by atoms with Crippen LogP contribution < -0.4 is 5.43 Å². The van der Waals surface area contributed by atoms with Crippen LogP contribution in [-0.4, -0.2) is 9.91 Å². The Kier molecular flexibility index (Phi) is 3.36. The van der Waals surface area contributed by atoms with Crippen molar-refractivity contribution in [3.05, 3.63) is 61.0 Å². The number of pyridine rings is 1. The summed E-state index contributed by atoms with van der Waals surface area (Å²) in [6, 6.07) is 4.75. The molecule has 0 aliphatic heterocycles. The second kappa shape index (κ2) is 4.80. The van der Waals surface area contributed by atoms with E-state index < -0.39 is 16.0 Å². The van der Waals surface area contributed by atoms with Crippen molar-refractivity contribution in [3.63, 3.8) is 0 Å². The van der Waals surface area contributed by atoms with Gasteiger partial charge in [-0.05, 0) is 6.07 Å². The second-order valence-electron chi connectivity index (χ2n) is 3.44. The number of aromatic nitrogens is 1. The highest BCUT2D eigenvalue weighted by atomic mass is 35.5. The highest BCUT2D eigenvalue weighted by Crippen LogP contribution is 2.31. The van der Waals surface area contributed by atoms with Crippen LogP contribution in [0.1, 0.15) is 0 Å². The van der Waals surface area contributed by atoms with Crippen LogP contribution in [0.5, 0.6) is 0 Å². The minimum atomic E-state index is -0.749. The maximum Gasteiger partial charge on any atom is 0.332 e. The Morgan fingerprint density at radius 1 is 1.17 bits per heavy atom. The predicted molar refractivity (Wildman–Crippen MR) is 69.2 cm³/mol. The van der Waals surface area contributed by atoms with Gasteiger partial charge in [-0.2, -0.15) is 0 Å². The first-order valence-corrected chi connectivity index (χ1v) is 5.58. The lowest BCUT2D eigenvalue weighted by atomic mass is 10.1. The lowest BCUT2D eigenvalue weighted by Crippen LogP contribution is -2.11. The predicted octanol–water partition coefficient (Wildman–Crippen LogP) is 3.26. The Morgan fingerprint density at radius 3 is 2.56 bits per heavy atom. The van der Waals surface area contributed by atoms with Gasteiger partial charge in [-0.1, -0.05) is 35.3 Å². The van der Waals surface area contributed by atoms with Crippen molar-refractivity contribution < 1.29 is 4.92 Å². The highest BCUT2D eigenvalue weighted by Gasteiger charge is 2.18. The van der Waals surface area contributed by atoms with Crippen molar-refractivity contribution in [3.8, 4) is 11.1 Å². The number of nitrogens with zero attached hydrogens (tertiary/aromatic N) is 1. The minimum Gasteiger partial charge on any atom is -0.361 e. The standard InChI is InChI=1S/C11H6Cl2N2O3/c12-8-3-1-2-6(10(8)13)7-4-14-5-9(11(7)16)15(17)18/h1-5H,(H,14,16). The van der Waals surface area contributed by atoms with E-state index >= 15 is 0 Å². The first-order chi connectivity index (χ1) is 8.52. The molecule has 0 fully saturated rings. The van der Waals surface area contributed by atoms with E-state index in [1.165, 1.54) is 6.20 Å². The zero-order valence-corrected chi connectivity index (χ0v) is 10.3. The Balaban J connectivity index is 2.73. The monoisotopic (exact) mass is 284 g/mol. The maximum absolute atomic E-state index is 11.9. The summed E-state index contributed by atoms with van der Waals surface area (Å²) in [5.74, 6) is 0. The highest BCUT2D eigenvalue weighted by molar-refractivity contribution is 6.43. The van der Waals surface area contributed by atoms with Gasteiger partial charge in [0, 0.05) is 11.8 Å². The largest absolute Gasteiger partial charge is 0.361 e. The van der Waals surface area contributed by atoms with Crippen molar-refractivity contribution in [1.82, 2.24) is 4.98 Å². The fraction of sp³-hybridized carbons (Fsp3) is 0. The summed E-state index contributed by atoms with van der Waals surface area (Å²) in [6.45, 7) is 0. The Hall–Kier alpha value is -1.85. The average Bonchev–Trinajstić information content (AvgIpc) is 2.33. The molecule has 0 aliphatic rings. The third-order valence-corrected chi connectivity index (χ3v) is 3.18. The number of halogens is 2. The zero-order chi connectivity index (χ0) is 13.3. The van der Waals surface area contributed by atoms with Crippen LogP contribution in [0.25, 0.3) is 11.1 Å². The van der Waals surface area contributed by atoms with E-state index in [-0.39, 0.29) is 15.6 Å². The first kappa shape index (κ1) is 12.6. The molecule has 18 heavy (non-hydrogen) atoms. The second-order valence-corrected chi connectivity index (χ2v) is 4.23. The van der Waals surface area contributed by atoms with Crippen LogP contribution in [0.2, 0.25) is 10.0 Å². The van der Waals surface area contributed by atoms with Gasteiger partial charge in [0.15, 0.2) is 0 Å². The Labute approximate surface area is 111 Å². The molecule has 0 bridgehead atoms. The molecule has 0 unspecified atom stereocenters. The van der Waals surface area contributed by atoms with E-state index in [2.05, 4.69) is 4.98 Å². The lowest BCUT2D eigenvalue weighted by Gasteiger charge is -2.04. The molecule has 2 rings (SSSR count). The number of benzene rings is 1. The molecule has 1 aromatic heterocycles. The van der Waals surface area contributed by atoms with Crippen LogP contribution in [0.4, 0.5) is 5.69 Å². The first-order valence-electron chi connectivity index (χ1n) is 4.82. The van der Waals surface area contributed by atoms with Gasteiger partial charge < -0.3 is 4.98 Å². The molecular formula is C11H6Cl2N2O3. The van der Waals surface area contributed by atoms with Crippen LogP contribution in [-0.2, 0) is 0 Å². The smallest absolute Gasteiger partial charge is 0.332 e. The molecule has 7 heteroatoms. The third-order valence-electron chi connectivity index (χ3n) is 2.36. The van der Waals surface area contributed by atoms with E-state index in [4.69, 9.17) is 23.2 Å². The topological polar surface area (TPSA) is 76.0 Å². The normalized spacial score (nSPS) is 10.3. The van der Waals surface area contributed by atoms with E-state index in [9.17, 15) is 14.9 Å². The number of nitro groups is 1. The molecule has 1 aromatic carbocycles. The number of H-pyrrole nitrogens is 1. The van der Waals surface area contributed by atoms with E-state index in [1.807, 2.05) is 0 Å². The summed E-state index contributed by atoms with van der Waals surface area (Å²) in [4.78, 5) is 24.4. The molecule has 0 saturated carbocycles. The van der Waals surface area contributed by atoms with Gasteiger partial charge in [-0.25, -0.2) is 0 Å². The van der Waals surface area contributed by atoms with E-state index in [1.54, 1.807) is 18.2 Å². The maximum atomic E-state index is 11.9. The van der Waals surface area contributed by atoms with Gasteiger partial charge in [0.1, 0.15) is 0 Å². The number of hydrogen-bond acceptors (Lipinski definition) is 3. The summed E-state index contributed by atoms with van der Waals surface area (Å²) in [5.41, 5.74) is -0.780. The molecule has 0 saturated heterocycles. The van der Waals surface area contributed by atoms with Gasteiger partial charge in [-0.15, -0.1) is 0 Å². The summed E-state index contributed by atoms with van der Waals surface area (Å²) in [7, 11) is 0. The molecule has 0 radical (unpaired) electrons. The van der Waals surface area contributed by atoms with Crippen LogP contribution in [0, 0.1) is 10.1 Å². The van der Waals surface area contributed by atoms with Gasteiger partial charge in [0.25, 0.3) is 5.43 Å². The summed E-state index contributed by atoms with van der Waals surface area (Å²) >= 11 is 11.8. The van der Waals surface area contributed by atoms with Gasteiger partial charge in [0.05, 0.1) is 26.7 Å². The Bertz CT molecular complexity index is 682. The summed E-state index contributed by atoms with van der Waals surface area (Å²) in [5, 5.41) is 11.1. The van der Waals surface area contributed by atoms with Crippen molar-refractivity contribution in [2.75, 3.05) is 0 Å². The van der Waals surface area contributed by atoms with Gasteiger partial charge >= 0.3 is 5.69 Å². The van der Waals surface area contributed by atoms with Gasteiger partial charge in [0.2, 0.25) is 0 Å². The summed E-state index contributed by atoms with van der Waals surface area (Å²) < 4.78 is 0. The molecule has 0 spiro atoms. The number of rotatable bonds is 2. The van der Waals surface area contributed by atoms with Crippen molar-refractivity contribution >= 4 is 28.9 Å².